The van der Waals surface area contributed by atoms with Crippen molar-refractivity contribution < 1.29 is 13.7 Å². The van der Waals surface area contributed by atoms with E-state index in [2.05, 4.69) is 5.16 Å². The van der Waals surface area contributed by atoms with Crippen LogP contribution in [0.25, 0.3) is 0 Å². The minimum atomic E-state index is -0.365. The number of hydrogen-bond donors (Lipinski definition) is 1. The van der Waals surface area contributed by atoms with Gasteiger partial charge in [-0.05, 0) is 19.9 Å². The lowest BCUT2D eigenvalue weighted by atomic mass is 10.1. The van der Waals surface area contributed by atoms with Crippen LogP contribution in [0.4, 0.5) is 4.39 Å². The van der Waals surface area contributed by atoms with Crippen molar-refractivity contribution in [3.8, 4) is 5.75 Å². The first-order valence-corrected chi connectivity index (χ1v) is 5.66. The zero-order valence-corrected chi connectivity index (χ0v) is 10.3. The molecule has 2 aromatic rings. The Morgan fingerprint density at radius 3 is 2.78 bits per heavy atom. The normalized spacial score (nSPS) is 12.4. The molecule has 1 heterocycles. The molecule has 5 heteroatoms. The van der Waals surface area contributed by atoms with Gasteiger partial charge in [-0.25, -0.2) is 4.39 Å². The van der Waals surface area contributed by atoms with Crippen molar-refractivity contribution in [2.75, 3.05) is 0 Å². The first kappa shape index (κ1) is 12.6. The van der Waals surface area contributed by atoms with Gasteiger partial charge in [0, 0.05) is 23.7 Å². The smallest absolute Gasteiger partial charge is 0.174 e. The standard InChI is InChI=1S/C13H15FN2O2/c1-8-5-11(18-16-8)7-17-10-3-4-12(9(2)15)13(14)6-10/h3-6,9H,7,15H2,1-2H3/t9-/m0/s1. The average Bonchev–Trinajstić information content (AvgIpc) is 2.72. The van der Waals surface area contributed by atoms with Crippen LogP contribution in [-0.2, 0) is 6.61 Å². The van der Waals surface area contributed by atoms with Crippen LogP contribution >= 0.6 is 0 Å². The minimum absolute atomic E-state index is 0.220. The van der Waals surface area contributed by atoms with E-state index in [1.165, 1.54) is 6.07 Å². The highest BCUT2D eigenvalue weighted by Crippen LogP contribution is 2.21. The molecule has 2 N–H and O–H groups in total. The fourth-order valence-corrected chi connectivity index (χ4v) is 1.61. The average molecular weight is 250 g/mol. The van der Waals surface area contributed by atoms with E-state index in [-0.39, 0.29) is 18.5 Å². The Labute approximate surface area is 105 Å². The van der Waals surface area contributed by atoms with Gasteiger partial charge in [0.25, 0.3) is 0 Å². The topological polar surface area (TPSA) is 61.3 Å². The molecule has 1 aromatic carbocycles. The monoisotopic (exact) mass is 250 g/mol. The Bertz CT molecular complexity index is 538. The number of benzene rings is 1. The maximum absolute atomic E-state index is 13.6. The van der Waals surface area contributed by atoms with E-state index >= 15 is 0 Å². The molecular weight excluding hydrogens is 235 g/mol. The first-order chi connectivity index (χ1) is 8.56. The number of rotatable bonds is 4. The van der Waals surface area contributed by atoms with Crippen molar-refractivity contribution in [2.45, 2.75) is 26.5 Å². The molecule has 0 aliphatic carbocycles. The van der Waals surface area contributed by atoms with Gasteiger partial charge >= 0.3 is 0 Å². The molecule has 0 aliphatic heterocycles. The molecule has 0 spiro atoms. The Hall–Kier alpha value is -1.88. The predicted octanol–water partition coefficient (Wildman–Crippen LogP) is 2.72. The Morgan fingerprint density at radius 1 is 1.44 bits per heavy atom. The van der Waals surface area contributed by atoms with E-state index in [0.29, 0.717) is 17.1 Å². The van der Waals surface area contributed by atoms with Gasteiger partial charge in [0.2, 0.25) is 0 Å². The maximum Gasteiger partial charge on any atom is 0.174 e. The molecule has 2 rings (SSSR count). The lowest BCUT2D eigenvalue weighted by Crippen LogP contribution is -2.07. The highest BCUT2D eigenvalue weighted by atomic mass is 19.1. The summed E-state index contributed by atoms with van der Waals surface area (Å²) in [5, 5.41) is 3.74. The van der Waals surface area contributed by atoms with Gasteiger partial charge in [0.15, 0.2) is 5.76 Å². The van der Waals surface area contributed by atoms with Crippen LogP contribution in [0.2, 0.25) is 0 Å². The molecule has 96 valence electrons. The predicted molar refractivity (Wildman–Crippen MR) is 64.6 cm³/mol. The van der Waals surface area contributed by atoms with Gasteiger partial charge in [0.1, 0.15) is 18.2 Å². The summed E-state index contributed by atoms with van der Waals surface area (Å²) in [6, 6.07) is 6.07. The highest BCUT2D eigenvalue weighted by molar-refractivity contribution is 5.30. The van der Waals surface area contributed by atoms with Crippen molar-refractivity contribution in [2.24, 2.45) is 5.73 Å². The Balaban J connectivity index is 2.04. The van der Waals surface area contributed by atoms with Crippen molar-refractivity contribution in [3.63, 3.8) is 0 Å². The van der Waals surface area contributed by atoms with Crippen molar-refractivity contribution in [1.29, 1.82) is 0 Å². The third-order valence-electron chi connectivity index (χ3n) is 2.52. The number of nitrogens with zero attached hydrogens (tertiary/aromatic N) is 1. The number of hydrogen-bond acceptors (Lipinski definition) is 4. The number of aryl methyl sites for hydroxylation is 1. The molecule has 0 amide bonds. The second-order valence-electron chi connectivity index (χ2n) is 4.20. The zero-order valence-electron chi connectivity index (χ0n) is 10.3. The van der Waals surface area contributed by atoms with E-state index in [0.717, 1.165) is 5.69 Å². The van der Waals surface area contributed by atoms with E-state index < -0.39 is 0 Å². The van der Waals surface area contributed by atoms with Crippen LogP contribution < -0.4 is 10.5 Å². The molecule has 0 saturated heterocycles. The lowest BCUT2D eigenvalue weighted by Gasteiger charge is -2.09. The van der Waals surface area contributed by atoms with E-state index in [4.69, 9.17) is 15.0 Å². The number of nitrogens with two attached hydrogens (primary N) is 1. The molecule has 0 radical (unpaired) electrons. The van der Waals surface area contributed by atoms with Crippen LogP contribution in [0.5, 0.6) is 5.75 Å². The largest absolute Gasteiger partial charge is 0.485 e. The Morgan fingerprint density at radius 2 is 2.22 bits per heavy atom. The third kappa shape index (κ3) is 2.87. The fourth-order valence-electron chi connectivity index (χ4n) is 1.61. The summed E-state index contributed by atoms with van der Waals surface area (Å²) in [6.45, 7) is 3.78. The molecule has 1 aromatic heterocycles. The van der Waals surface area contributed by atoms with Crippen molar-refractivity contribution in [1.82, 2.24) is 5.16 Å². The van der Waals surface area contributed by atoms with Gasteiger partial charge in [-0.15, -0.1) is 0 Å². The van der Waals surface area contributed by atoms with Crippen LogP contribution in [0, 0.1) is 12.7 Å². The minimum Gasteiger partial charge on any atom is -0.485 e. The van der Waals surface area contributed by atoms with Crippen LogP contribution in [0.3, 0.4) is 0 Å². The summed E-state index contributed by atoms with van der Waals surface area (Å²) in [5.41, 5.74) is 6.88. The summed E-state index contributed by atoms with van der Waals surface area (Å²) in [7, 11) is 0. The molecular formula is C13H15FN2O2. The Kier molecular flexibility index (Phi) is 3.62. The lowest BCUT2D eigenvalue weighted by molar-refractivity contribution is 0.248. The van der Waals surface area contributed by atoms with Crippen LogP contribution in [-0.4, -0.2) is 5.16 Å². The van der Waals surface area contributed by atoms with Crippen LogP contribution in [0.15, 0.2) is 28.8 Å². The summed E-state index contributed by atoms with van der Waals surface area (Å²) in [5.74, 6) is 0.673. The van der Waals surface area contributed by atoms with Crippen molar-refractivity contribution >= 4 is 0 Å². The quantitative estimate of drug-likeness (QED) is 0.906. The fraction of sp³-hybridized carbons (Fsp3) is 0.308. The summed E-state index contributed by atoms with van der Waals surface area (Å²) in [4.78, 5) is 0. The molecule has 0 bridgehead atoms. The number of halogens is 1. The first-order valence-electron chi connectivity index (χ1n) is 5.66. The van der Waals surface area contributed by atoms with Gasteiger partial charge in [-0.3, -0.25) is 0 Å². The molecule has 0 fully saturated rings. The van der Waals surface area contributed by atoms with Gasteiger partial charge in [-0.2, -0.15) is 0 Å². The van der Waals surface area contributed by atoms with Crippen LogP contribution in [0.1, 0.15) is 30.0 Å². The second-order valence-corrected chi connectivity index (χ2v) is 4.20. The summed E-state index contributed by atoms with van der Waals surface area (Å²) < 4.78 is 24.0. The SMILES string of the molecule is Cc1cc(COc2ccc([C@H](C)N)c(F)c2)on1. The number of ether oxygens (including phenoxy) is 1. The van der Waals surface area contributed by atoms with Gasteiger partial charge < -0.3 is 15.0 Å². The van der Waals surface area contributed by atoms with Gasteiger partial charge in [-0.1, -0.05) is 11.2 Å². The van der Waals surface area contributed by atoms with Gasteiger partial charge in [0.05, 0.1) is 5.69 Å². The zero-order chi connectivity index (χ0) is 13.1. The maximum atomic E-state index is 13.6. The molecule has 1 atom stereocenters. The molecule has 0 unspecified atom stereocenters. The summed E-state index contributed by atoms with van der Waals surface area (Å²) in [6.07, 6.45) is 0. The third-order valence-corrected chi connectivity index (χ3v) is 2.52. The molecule has 0 saturated carbocycles. The van der Waals surface area contributed by atoms with E-state index in [1.54, 1.807) is 25.1 Å². The number of aromatic nitrogens is 1. The second kappa shape index (κ2) is 5.18. The van der Waals surface area contributed by atoms with E-state index in [9.17, 15) is 4.39 Å². The highest BCUT2D eigenvalue weighted by Gasteiger charge is 2.09. The summed E-state index contributed by atoms with van der Waals surface area (Å²) >= 11 is 0. The molecule has 0 aliphatic rings. The molecule has 18 heavy (non-hydrogen) atoms. The van der Waals surface area contributed by atoms with Crippen molar-refractivity contribution in [3.05, 3.63) is 47.1 Å². The molecule has 4 nitrogen and oxygen atoms in total. The van der Waals surface area contributed by atoms with E-state index in [1.807, 2.05) is 6.92 Å².